The molecule has 0 bridgehead atoms. The van der Waals surface area contributed by atoms with Crippen molar-refractivity contribution in [2.24, 2.45) is 0 Å². The summed E-state index contributed by atoms with van der Waals surface area (Å²) in [5.41, 5.74) is 1.06. The largest absolute Gasteiger partial charge is 0.489 e. The maximum atomic E-state index is 12.3. The van der Waals surface area contributed by atoms with Crippen LogP contribution >= 0.6 is 0 Å². The van der Waals surface area contributed by atoms with Gasteiger partial charge >= 0.3 is 0 Å². The zero-order valence-corrected chi connectivity index (χ0v) is 14.4. The molecule has 128 valence electrons. The van der Waals surface area contributed by atoms with Gasteiger partial charge in [0.2, 0.25) is 0 Å². The standard InChI is InChI=1S/C19H22O4S/c20-24(21,23-18-9-5-2-6-10-18)19-13-11-17(12-14-19)22-15-16-7-3-1-4-8-16/h1,3-4,7-8,11-14,18H,2,5-6,9-10,15H2. The van der Waals surface area contributed by atoms with Crippen LogP contribution in [0, 0.1) is 0 Å². The summed E-state index contributed by atoms with van der Waals surface area (Å²) < 4.78 is 35.7. The van der Waals surface area contributed by atoms with Crippen LogP contribution in [0.5, 0.6) is 5.75 Å². The Morgan fingerprint density at radius 2 is 1.54 bits per heavy atom. The quantitative estimate of drug-likeness (QED) is 0.732. The van der Waals surface area contributed by atoms with E-state index >= 15 is 0 Å². The van der Waals surface area contributed by atoms with Crippen molar-refractivity contribution < 1.29 is 17.3 Å². The van der Waals surface area contributed by atoms with Crippen LogP contribution < -0.4 is 4.74 Å². The summed E-state index contributed by atoms with van der Waals surface area (Å²) in [6.07, 6.45) is 4.68. The third kappa shape index (κ3) is 4.58. The average Bonchev–Trinajstić information content (AvgIpc) is 2.62. The van der Waals surface area contributed by atoms with Gasteiger partial charge in [0.05, 0.1) is 11.0 Å². The third-order valence-electron chi connectivity index (χ3n) is 4.18. The monoisotopic (exact) mass is 346 g/mol. The number of hydrogen-bond acceptors (Lipinski definition) is 4. The van der Waals surface area contributed by atoms with Gasteiger partial charge < -0.3 is 4.74 Å². The Labute approximate surface area is 143 Å². The van der Waals surface area contributed by atoms with Crippen LogP contribution in [0.15, 0.2) is 59.5 Å². The molecular formula is C19H22O4S. The minimum Gasteiger partial charge on any atom is -0.489 e. The molecule has 0 atom stereocenters. The summed E-state index contributed by atoms with van der Waals surface area (Å²) in [6.45, 7) is 0.450. The van der Waals surface area contributed by atoms with E-state index in [1.807, 2.05) is 30.3 Å². The Morgan fingerprint density at radius 3 is 2.21 bits per heavy atom. The Balaban J connectivity index is 1.60. The van der Waals surface area contributed by atoms with Gasteiger partial charge in [0.25, 0.3) is 10.1 Å². The van der Waals surface area contributed by atoms with E-state index < -0.39 is 10.1 Å². The highest BCUT2D eigenvalue weighted by atomic mass is 32.2. The average molecular weight is 346 g/mol. The lowest BCUT2D eigenvalue weighted by atomic mass is 9.98. The first-order valence-electron chi connectivity index (χ1n) is 8.33. The molecule has 0 aromatic heterocycles. The molecule has 2 aromatic carbocycles. The van der Waals surface area contributed by atoms with E-state index in [0.717, 1.165) is 37.7 Å². The molecule has 0 heterocycles. The normalized spacial score (nSPS) is 16.0. The first-order chi connectivity index (χ1) is 11.6. The maximum absolute atomic E-state index is 12.3. The van der Waals surface area contributed by atoms with Crippen molar-refractivity contribution in [1.82, 2.24) is 0 Å². The molecule has 24 heavy (non-hydrogen) atoms. The van der Waals surface area contributed by atoms with E-state index in [4.69, 9.17) is 8.92 Å². The first-order valence-corrected chi connectivity index (χ1v) is 9.74. The molecule has 0 amide bonds. The van der Waals surface area contributed by atoms with E-state index in [1.165, 1.54) is 0 Å². The van der Waals surface area contributed by atoms with E-state index in [0.29, 0.717) is 12.4 Å². The first kappa shape index (κ1) is 17.0. The van der Waals surface area contributed by atoms with Gasteiger partial charge in [-0.3, -0.25) is 4.18 Å². The van der Waals surface area contributed by atoms with Crippen molar-refractivity contribution in [3.05, 3.63) is 60.2 Å². The fourth-order valence-corrected chi connectivity index (χ4v) is 3.97. The summed E-state index contributed by atoms with van der Waals surface area (Å²) in [4.78, 5) is 0.181. The van der Waals surface area contributed by atoms with E-state index in [9.17, 15) is 8.42 Å². The number of ether oxygens (including phenoxy) is 1. The molecule has 0 radical (unpaired) electrons. The summed E-state index contributed by atoms with van der Waals surface area (Å²) >= 11 is 0. The van der Waals surface area contributed by atoms with Gasteiger partial charge in [0.15, 0.2) is 0 Å². The molecular weight excluding hydrogens is 324 g/mol. The Bertz CT molecular complexity index is 733. The third-order valence-corrected chi connectivity index (χ3v) is 5.55. The van der Waals surface area contributed by atoms with Crippen molar-refractivity contribution in [2.45, 2.75) is 49.7 Å². The lowest BCUT2D eigenvalue weighted by Crippen LogP contribution is -2.21. The lowest BCUT2D eigenvalue weighted by Gasteiger charge is -2.21. The second-order valence-corrected chi connectivity index (χ2v) is 7.63. The molecule has 4 nitrogen and oxygen atoms in total. The molecule has 1 saturated carbocycles. The Hall–Kier alpha value is -1.85. The maximum Gasteiger partial charge on any atom is 0.297 e. The molecule has 1 aliphatic rings. The van der Waals surface area contributed by atoms with Crippen LogP contribution in [0.3, 0.4) is 0 Å². The number of rotatable bonds is 6. The van der Waals surface area contributed by atoms with Crippen molar-refractivity contribution in [1.29, 1.82) is 0 Å². The molecule has 5 heteroatoms. The van der Waals surface area contributed by atoms with Crippen molar-refractivity contribution >= 4 is 10.1 Å². The van der Waals surface area contributed by atoms with Crippen LogP contribution in [0.25, 0.3) is 0 Å². The minimum atomic E-state index is -3.70. The van der Waals surface area contributed by atoms with Gasteiger partial charge in [0.1, 0.15) is 12.4 Å². The number of benzene rings is 2. The van der Waals surface area contributed by atoms with Crippen molar-refractivity contribution in [3.8, 4) is 5.75 Å². The molecule has 0 unspecified atom stereocenters. The van der Waals surface area contributed by atoms with E-state index in [2.05, 4.69) is 0 Å². The van der Waals surface area contributed by atoms with Gasteiger partial charge in [-0.2, -0.15) is 8.42 Å². The van der Waals surface area contributed by atoms with Crippen LogP contribution in [0.4, 0.5) is 0 Å². The van der Waals surface area contributed by atoms with Gasteiger partial charge in [-0.05, 0) is 42.7 Å². The topological polar surface area (TPSA) is 52.6 Å². The SMILES string of the molecule is O=S(=O)(OC1CCCCC1)c1ccc(OCc2ccccc2)cc1. The zero-order chi connectivity index (χ0) is 16.8. The summed E-state index contributed by atoms with van der Waals surface area (Å²) in [7, 11) is -3.70. The van der Waals surface area contributed by atoms with Crippen LogP contribution in [-0.2, 0) is 20.9 Å². The molecule has 1 fully saturated rings. The summed E-state index contributed by atoms with van der Waals surface area (Å²) in [6, 6.07) is 16.2. The Morgan fingerprint density at radius 1 is 0.875 bits per heavy atom. The van der Waals surface area contributed by atoms with Crippen molar-refractivity contribution in [3.63, 3.8) is 0 Å². The highest BCUT2D eigenvalue weighted by Gasteiger charge is 2.23. The van der Waals surface area contributed by atoms with Crippen LogP contribution in [0.2, 0.25) is 0 Å². The number of hydrogen-bond donors (Lipinski definition) is 0. The van der Waals surface area contributed by atoms with Crippen LogP contribution in [0.1, 0.15) is 37.7 Å². The molecule has 1 aliphatic carbocycles. The van der Waals surface area contributed by atoms with Gasteiger partial charge in [0, 0.05) is 0 Å². The predicted octanol–water partition coefficient (Wildman–Crippen LogP) is 4.30. The molecule has 0 aliphatic heterocycles. The molecule has 0 N–H and O–H groups in total. The van der Waals surface area contributed by atoms with Gasteiger partial charge in [-0.1, -0.05) is 49.6 Å². The molecule has 2 aromatic rings. The van der Waals surface area contributed by atoms with Gasteiger partial charge in [-0.25, -0.2) is 0 Å². The van der Waals surface area contributed by atoms with E-state index in [-0.39, 0.29) is 11.0 Å². The second kappa shape index (κ2) is 7.81. The smallest absolute Gasteiger partial charge is 0.297 e. The fraction of sp³-hybridized carbons (Fsp3) is 0.368. The van der Waals surface area contributed by atoms with Gasteiger partial charge in [-0.15, -0.1) is 0 Å². The van der Waals surface area contributed by atoms with Crippen LogP contribution in [-0.4, -0.2) is 14.5 Å². The van der Waals surface area contributed by atoms with Crippen molar-refractivity contribution in [2.75, 3.05) is 0 Å². The molecule has 0 spiro atoms. The predicted molar refractivity (Wildman–Crippen MR) is 92.4 cm³/mol. The summed E-state index contributed by atoms with van der Waals surface area (Å²) in [5.74, 6) is 0.635. The summed E-state index contributed by atoms with van der Waals surface area (Å²) in [5, 5.41) is 0. The zero-order valence-electron chi connectivity index (χ0n) is 13.6. The highest BCUT2D eigenvalue weighted by Crippen LogP contribution is 2.25. The lowest BCUT2D eigenvalue weighted by molar-refractivity contribution is 0.162. The second-order valence-electron chi connectivity index (χ2n) is 6.06. The minimum absolute atomic E-state index is 0.181. The van der Waals surface area contributed by atoms with E-state index in [1.54, 1.807) is 24.3 Å². The molecule has 0 saturated heterocycles. The highest BCUT2D eigenvalue weighted by molar-refractivity contribution is 7.86. The molecule has 3 rings (SSSR count). The fourth-order valence-electron chi connectivity index (χ4n) is 2.84. The Kier molecular flexibility index (Phi) is 5.53.